The molecule has 112 valence electrons. The molecule has 0 unspecified atom stereocenters. The van der Waals surface area contributed by atoms with Crippen LogP contribution in [-0.2, 0) is 0 Å². The van der Waals surface area contributed by atoms with Crippen molar-refractivity contribution in [1.29, 1.82) is 0 Å². The number of ether oxygens (including phenoxy) is 1. The van der Waals surface area contributed by atoms with E-state index in [1.807, 2.05) is 6.92 Å². The molecule has 1 saturated carbocycles. The van der Waals surface area contributed by atoms with Gasteiger partial charge in [0.25, 0.3) is 0 Å². The molecule has 0 aliphatic heterocycles. The molecule has 0 saturated heterocycles. The molecule has 5 nitrogen and oxygen atoms in total. The van der Waals surface area contributed by atoms with Crippen molar-refractivity contribution in [1.82, 2.24) is 9.97 Å². The largest absolute Gasteiger partial charge is 0.476 e. The summed E-state index contributed by atoms with van der Waals surface area (Å²) in [6, 6.07) is 0.467. The first-order chi connectivity index (χ1) is 9.74. The van der Waals surface area contributed by atoms with Crippen LogP contribution in [0, 0.1) is 5.92 Å². The first-order valence-corrected chi connectivity index (χ1v) is 7.74. The van der Waals surface area contributed by atoms with Crippen molar-refractivity contribution < 1.29 is 4.74 Å². The summed E-state index contributed by atoms with van der Waals surface area (Å²) in [7, 11) is 0. The molecule has 1 aliphatic rings. The number of nitrogens with zero attached hydrogens (tertiary/aromatic N) is 2. The van der Waals surface area contributed by atoms with Crippen molar-refractivity contribution in [3.05, 3.63) is 6.33 Å². The summed E-state index contributed by atoms with van der Waals surface area (Å²) in [5.41, 5.74) is 6.57. The third-order valence-corrected chi connectivity index (χ3v) is 4.01. The molecule has 0 radical (unpaired) electrons. The molecule has 0 bridgehead atoms. The highest BCUT2D eigenvalue weighted by Crippen LogP contribution is 2.31. The highest BCUT2D eigenvalue weighted by atomic mass is 16.5. The first kappa shape index (κ1) is 14.9. The molecule has 0 amide bonds. The lowest BCUT2D eigenvalue weighted by molar-refractivity contribution is 0.318. The maximum absolute atomic E-state index is 6.05. The van der Waals surface area contributed by atoms with E-state index in [1.165, 1.54) is 44.9 Å². The van der Waals surface area contributed by atoms with E-state index in [-0.39, 0.29) is 0 Å². The van der Waals surface area contributed by atoms with Gasteiger partial charge in [0, 0.05) is 6.04 Å². The molecule has 20 heavy (non-hydrogen) atoms. The van der Waals surface area contributed by atoms with Crippen molar-refractivity contribution in [3.63, 3.8) is 0 Å². The lowest BCUT2D eigenvalue weighted by Gasteiger charge is -2.29. The summed E-state index contributed by atoms with van der Waals surface area (Å²) in [6.45, 7) is 4.74. The monoisotopic (exact) mass is 278 g/mol. The van der Waals surface area contributed by atoms with Crippen molar-refractivity contribution in [2.45, 2.75) is 58.4 Å². The molecule has 0 atom stereocenters. The fourth-order valence-corrected chi connectivity index (χ4v) is 2.94. The Balaban J connectivity index is 1.92. The smallest absolute Gasteiger partial charge is 0.242 e. The SMILES string of the molecule is CCCC1CCC(Nc2ncnc(OCC)c2N)CC1. The Morgan fingerprint density at radius 3 is 2.65 bits per heavy atom. The molecule has 1 heterocycles. The van der Waals surface area contributed by atoms with Crippen LogP contribution in [0.25, 0.3) is 0 Å². The van der Waals surface area contributed by atoms with Gasteiger partial charge < -0.3 is 15.8 Å². The topological polar surface area (TPSA) is 73.1 Å². The van der Waals surface area contributed by atoms with Crippen LogP contribution in [0.1, 0.15) is 52.4 Å². The number of aromatic nitrogens is 2. The molecule has 2 rings (SSSR count). The Morgan fingerprint density at radius 1 is 1.25 bits per heavy atom. The first-order valence-electron chi connectivity index (χ1n) is 7.74. The molecule has 3 N–H and O–H groups in total. The Morgan fingerprint density at radius 2 is 2.00 bits per heavy atom. The predicted octanol–water partition coefficient (Wildman–Crippen LogP) is 3.23. The molecule has 1 aromatic rings. The standard InChI is InChI=1S/C15H26N4O/c1-3-5-11-6-8-12(9-7-11)19-14-13(16)15(20-4-2)18-10-17-14/h10-12H,3-9,16H2,1-2H3,(H,17,18,19). The average Bonchev–Trinajstić information content (AvgIpc) is 2.46. The highest BCUT2D eigenvalue weighted by molar-refractivity contribution is 5.66. The minimum absolute atomic E-state index is 0.467. The second kappa shape index (κ2) is 7.31. The van der Waals surface area contributed by atoms with Gasteiger partial charge in [-0.1, -0.05) is 19.8 Å². The predicted molar refractivity (Wildman–Crippen MR) is 81.9 cm³/mol. The second-order valence-corrected chi connectivity index (χ2v) is 5.52. The summed E-state index contributed by atoms with van der Waals surface area (Å²) in [5, 5.41) is 3.45. The Labute approximate surface area is 121 Å². The van der Waals surface area contributed by atoms with Gasteiger partial charge in [0.2, 0.25) is 5.88 Å². The van der Waals surface area contributed by atoms with Gasteiger partial charge in [-0.25, -0.2) is 4.98 Å². The summed E-state index contributed by atoms with van der Waals surface area (Å²) in [4.78, 5) is 8.30. The maximum Gasteiger partial charge on any atom is 0.242 e. The van der Waals surface area contributed by atoms with Crippen molar-refractivity contribution in [2.24, 2.45) is 5.92 Å². The van der Waals surface area contributed by atoms with Crippen LogP contribution in [0.4, 0.5) is 11.5 Å². The molecule has 5 heteroatoms. The Hall–Kier alpha value is -1.52. The van der Waals surface area contributed by atoms with Crippen LogP contribution in [-0.4, -0.2) is 22.6 Å². The third-order valence-electron chi connectivity index (χ3n) is 4.01. The van der Waals surface area contributed by atoms with Gasteiger partial charge in [0.15, 0.2) is 5.82 Å². The summed E-state index contributed by atoms with van der Waals surface area (Å²) >= 11 is 0. The number of rotatable bonds is 6. The zero-order chi connectivity index (χ0) is 14.4. The fraction of sp³-hybridized carbons (Fsp3) is 0.733. The third kappa shape index (κ3) is 3.74. The van der Waals surface area contributed by atoms with E-state index in [0.29, 0.717) is 30.0 Å². The van der Waals surface area contributed by atoms with Gasteiger partial charge in [-0.05, 0) is 38.5 Å². The van der Waals surface area contributed by atoms with E-state index >= 15 is 0 Å². The lowest BCUT2D eigenvalue weighted by Crippen LogP contribution is -2.27. The molecule has 0 aromatic carbocycles. The Kier molecular flexibility index (Phi) is 5.44. The van der Waals surface area contributed by atoms with E-state index in [2.05, 4.69) is 22.2 Å². The number of hydrogen-bond donors (Lipinski definition) is 2. The van der Waals surface area contributed by atoms with Gasteiger partial charge in [-0.3, -0.25) is 0 Å². The van der Waals surface area contributed by atoms with Crippen molar-refractivity contribution in [3.8, 4) is 5.88 Å². The van der Waals surface area contributed by atoms with Gasteiger partial charge in [-0.15, -0.1) is 0 Å². The van der Waals surface area contributed by atoms with Crippen molar-refractivity contribution >= 4 is 11.5 Å². The fourth-order valence-electron chi connectivity index (χ4n) is 2.94. The van der Waals surface area contributed by atoms with Crippen LogP contribution in [0.3, 0.4) is 0 Å². The molecular weight excluding hydrogens is 252 g/mol. The van der Waals surface area contributed by atoms with Gasteiger partial charge in [0.05, 0.1) is 6.61 Å². The minimum Gasteiger partial charge on any atom is -0.476 e. The van der Waals surface area contributed by atoms with E-state index < -0.39 is 0 Å². The minimum atomic E-state index is 0.467. The van der Waals surface area contributed by atoms with Crippen LogP contribution in [0.15, 0.2) is 6.33 Å². The van der Waals surface area contributed by atoms with Gasteiger partial charge in [0.1, 0.15) is 12.0 Å². The molecule has 1 aromatic heterocycles. The van der Waals surface area contributed by atoms with E-state index in [4.69, 9.17) is 10.5 Å². The van der Waals surface area contributed by atoms with Gasteiger partial charge in [-0.2, -0.15) is 4.98 Å². The van der Waals surface area contributed by atoms with Crippen LogP contribution < -0.4 is 15.8 Å². The van der Waals surface area contributed by atoms with E-state index in [0.717, 1.165) is 5.92 Å². The quantitative estimate of drug-likeness (QED) is 0.835. The van der Waals surface area contributed by atoms with Crippen LogP contribution >= 0.6 is 0 Å². The number of nitrogens with two attached hydrogens (primary N) is 1. The zero-order valence-corrected chi connectivity index (χ0v) is 12.6. The maximum atomic E-state index is 6.05. The molecule has 0 spiro atoms. The zero-order valence-electron chi connectivity index (χ0n) is 12.6. The number of nitrogens with one attached hydrogen (secondary N) is 1. The summed E-state index contributed by atoms with van der Waals surface area (Å²) in [6.07, 6.45) is 9.14. The number of hydrogen-bond acceptors (Lipinski definition) is 5. The average molecular weight is 278 g/mol. The van der Waals surface area contributed by atoms with Gasteiger partial charge >= 0.3 is 0 Å². The molecule has 1 fully saturated rings. The normalized spacial score (nSPS) is 22.5. The van der Waals surface area contributed by atoms with E-state index in [1.54, 1.807) is 0 Å². The number of anilines is 2. The highest BCUT2D eigenvalue weighted by Gasteiger charge is 2.21. The molecule has 1 aliphatic carbocycles. The summed E-state index contributed by atoms with van der Waals surface area (Å²) < 4.78 is 5.40. The van der Waals surface area contributed by atoms with Crippen LogP contribution in [0.5, 0.6) is 5.88 Å². The van der Waals surface area contributed by atoms with Crippen LogP contribution in [0.2, 0.25) is 0 Å². The second-order valence-electron chi connectivity index (χ2n) is 5.52. The lowest BCUT2D eigenvalue weighted by atomic mass is 9.83. The van der Waals surface area contributed by atoms with E-state index in [9.17, 15) is 0 Å². The molecular formula is C15H26N4O. The van der Waals surface area contributed by atoms with Crippen molar-refractivity contribution in [2.75, 3.05) is 17.7 Å². The number of nitrogen functional groups attached to an aromatic ring is 1. The summed E-state index contributed by atoms with van der Waals surface area (Å²) in [5.74, 6) is 2.09. The Bertz CT molecular complexity index is 416.